The van der Waals surface area contributed by atoms with Crippen molar-refractivity contribution < 1.29 is 20.1 Å². The van der Waals surface area contributed by atoms with E-state index in [4.69, 9.17) is 4.74 Å². The maximum atomic E-state index is 10.3. The highest BCUT2D eigenvalue weighted by Gasteiger charge is 2.44. The van der Waals surface area contributed by atoms with Crippen molar-refractivity contribution in [3.8, 4) is 6.07 Å². The summed E-state index contributed by atoms with van der Waals surface area (Å²) in [5, 5.41) is 42.1. The Balaban J connectivity index is 1.62. The first-order chi connectivity index (χ1) is 14.1. The van der Waals surface area contributed by atoms with Gasteiger partial charge >= 0.3 is 0 Å². The molecule has 3 aromatic rings. The number of fused-ring (bicyclic) bond motifs is 1. The van der Waals surface area contributed by atoms with Gasteiger partial charge in [0.25, 0.3) is 0 Å². The minimum atomic E-state index is -1.28. The Labute approximate surface area is 166 Å². The third-order valence-electron chi connectivity index (χ3n) is 4.86. The molecule has 150 valence electrons. The van der Waals surface area contributed by atoms with E-state index in [0.717, 1.165) is 12.0 Å². The summed E-state index contributed by atoms with van der Waals surface area (Å²) in [6, 6.07) is 11.9. The highest BCUT2D eigenvalue weighted by atomic mass is 16.6. The number of rotatable bonds is 6. The summed E-state index contributed by atoms with van der Waals surface area (Å²) in [5.41, 5.74) is 1.85. The number of ether oxygens (including phenoxy) is 1. The van der Waals surface area contributed by atoms with Crippen LogP contribution in [-0.4, -0.2) is 66.3 Å². The molecule has 0 amide bonds. The smallest absolute Gasteiger partial charge is 0.236 e. The molecule has 2 aromatic heterocycles. The van der Waals surface area contributed by atoms with Gasteiger partial charge in [0.1, 0.15) is 24.4 Å². The van der Waals surface area contributed by atoms with Crippen molar-refractivity contribution in [3.05, 3.63) is 48.0 Å². The van der Waals surface area contributed by atoms with Crippen molar-refractivity contribution in [2.24, 2.45) is 0 Å². The molecule has 1 aromatic carbocycles. The lowest BCUT2D eigenvalue weighted by atomic mass is 10.1. The van der Waals surface area contributed by atoms with Gasteiger partial charge in [-0.3, -0.25) is 4.57 Å². The standard InChI is InChI=1S/C19H20N6O4/c20-8-13-23-17(21-7-6-11-4-2-1-3-5-11)14-18(24-13)25(10-22-14)19-16(28)15(27)12(9-26)29-19/h1-5,10,12,15-16,19,26-28H,6-7,9H2,(H,21,23,24)/t12?,15-,16-,19-/m1/s1. The topological polar surface area (TPSA) is 149 Å². The van der Waals surface area contributed by atoms with Gasteiger partial charge in [-0.15, -0.1) is 0 Å². The van der Waals surface area contributed by atoms with Crippen LogP contribution in [0.25, 0.3) is 11.2 Å². The van der Waals surface area contributed by atoms with Crippen LogP contribution in [0.4, 0.5) is 5.82 Å². The molecule has 0 bridgehead atoms. The molecule has 1 fully saturated rings. The first kappa shape index (κ1) is 19.2. The van der Waals surface area contributed by atoms with Crippen molar-refractivity contribution >= 4 is 17.0 Å². The molecular weight excluding hydrogens is 376 g/mol. The number of aromatic nitrogens is 4. The summed E-state index contributed by atoms with van der Waals surface area (Å²) in [6.07, 6.45) is -2.28. The number of anilines is 1. The Bertz CT molecular complexity index is 1030. The van der Waals surface area contributed by atoms with E-state index in [1.807, 2.05) is 36.4 Å². The average Bonchev–Trinajstić information content (AvgIpc) is 3.29. The Morgan fingerprint density at radius 3 is 2.66 bits per heavy atom. The second-order valence-corrected chi connectivity index (χ2v) is 6.72. The fraction of sp³-hybridized carbons (Fsp3) is 0.368. The number of hydrogen-bond acceptors (Lipinski definition) is 9. The van der Waals surface area contributed by atoms with Gasteiger partial charge in [0.15, 0.2) is 23.2 Å². The normalized spacial score (nSPS) is 23.9. The number of imidazole rings is 1. The summed E-state index contributed by atoms with van der Waals surface area (Å²) in [4.78, 5) is 12.7. The van der Waals surface area contributed by atoms with E-state index in [9.17, 15) is 20.6 Å². The van der Waals surface area contributed by atoms with Gasteiger partial charge in [-0.25, -0.2) is 4.98 Å². The number of hydrogen-bond donors (Lipinski definition) is 4. The number of benzene rings is 1. The fourth-order valence-electron chi connectivity index (χ4n) is 3.36. The SMILES string of the molecule is N#Cc1nc(NCCc2ccccc2)c2ncn([C@@H]3OC(CO)[C@@H](O)[C@H]3O)c2n1. The lowest BCUT2D eigenvalue weighted by Crippen LogP contribution is -2.33. The molecule has 1 aliphatic heterocycles. The van der Waals surface area contributed by atoms with Gasteiger partial charge in [0, 0.05) is 6.54 Å². The Morgan fingerprint density at radius 1 is 1.17 bits per heavy atom. The Morgan fingerprint density at radius 2 is 1.97 bits per heavy atom. The summed E-state index contributed by atoms with van der Waals surface area (Å²) < 4.78 is 6.98. The van der Waals surface area contributed by atoms with Crippen LogP contribution < -0.4 is 5.32 Å². The maximum absolute atomic E-state index is 10.3. The number of aliphatic hydroxyl groups is 3. The Kier molecular flexibility index (Phi) is 5.37. The van der Waals surface area contributed by atoms with Gasteiger partial charge < -0.3 is 25.4 Å². The molecule has 10 heteroatoms. The predicted molar refractivity (Wildman–Crippen MR) is 102 cm³/mol. The molecule has 1 unspecified atom stereocenters. The highest BCUT2D eigenvalue weighted by molar-refractivity contribution is 5.83. The summed E-state index contributed by atoms with van der Waals surface area (Å²) in [7, 11) is 0. The van der Waals surface area contributed by atoms with Gasteiger partial charge in [-0.1, -0.05) is 30.3 Å². The molecule has 29 heavy (non-hydrogen) atoms. The predicted octanol–water partition coefficient (Wildman–Crippen LogP) is -0.0359. The fourth-order valence-corrected chi connectivity index (χ4v) is 3.36. The van der Waals surface area contributed by atoms with Crippen molar-refractivity contribution in [1.29, 1.82) is 5.26 Å². The second kappa shape index (κ2) is 8.10. The minimum Gasteiger partial charge on any atom is -0.394 e. The molecule has 3 heterocycles. The molecule has 10 nitrogen and oxygen atoms in total. The zero-order valence-electron chi connectivity index (χ0n) is 15.4. The van der Waals surface area contributed by atoms with E-state index < -0.39 is 31.1 Å². The molecule has 1 saturated heterocycles. The zero-order chi connectivity index (χ0) is 20.4. The van der Waals surface area contributed by atoms with E-state index in [1.165, 1.54) is 10.9 Å². The summed E-state index contributed by atoms with van der Waals surface area (Å²) >= 11 is 0. The van der Waals surface area contributed by atoms with Crippen LogP contribution >= 0.6 is 0 Å². The molecule has 4 N–H and O–H groups in total. The molecule has 0 saturated carbocycles. The third kappa shape index (κ3) is 3.64. The van der Waals surface area contributed by atoms with Gasteiger partial charge in [-0.05, 0) is 12.0 Å². The van der Waals surface area contributed by atoms with Crippen LogP contribution in [0.3, 0.4) is 0 Å². The number of nitrogens with one attached hydrogen (secondary N) is 1. The van der Waals surface area contributed by atoms with Crippen molar-refractivity contribution in [2.75, 3.05) is 18.5 Å². The third-order valence-corrected chi connectivity index (χ3v) is 4.86. The number of aliphatic hydroxyl groups excluding tert-OH is 3. The molecule has 1 aliphatic rings. The van der Waals surface area contributed by atoms with E-state index in [-0.39, 0.29) is 11.5 Å². The monoisotopic (exact) mass is 396 g/mol. The first-order valence-corrected chi connectivity index (χ1v) is 9.17. The highest BCUT2D eigenvalue weighted by Crippen LogP contribution is 2.32. The van der Waals surface area contributed by atoms with Crippen LogP contribution in [0.2, 0.25) is 0 Å². The van der Waals surface area contributed by atoms with Crippen LogP contribution in [0.15, 0.2) is 36.7 Å². The van der Waals surface area contributed by atoms with E-state index in [2.05, 4.69) is 20.3 Å². The van der Waals surface area contributed by atoms with Crippen LogP contribution in [0, 0.1) is 11.3 Å². The van der Waals surface area contributed by atoms with E-state index >= 15 is 0 Å². The van der Waals surface area contributed by atoms with E-state index in [0.29, 0.717) is 17.9 Å². The number of nitriles is 1. The van der Waals surface area contributed by atoms with Gasteiger partial charge in [0.2, 0.25) is 5.82 Å². The summed E-state index contributed by atoms with van der Waals surface area (Å²) in [6.45, 7) is 0.133. The lowest BCUT2D eigenvalue weighted by molar-refractivity contribution is -0.0511. The quantitative estimate of drug-likeness (QED) is 0.450. The molecule has 4 atom stereocenters. The lowest BCUT2D eigenvalue weighted by Gasteiger charge is -2.16. The maximum Gasteiger partial charge on any atom is 0.236 e. The van der Waals surface area contributed by atoms with E-state index in [1.54, 1.807) is 0 Å². The molecule has 4 rings (SSSR count). The molecule has 0 spiro atoms. The minimum absolute atomic E-state index is 0.0618. The van der Waals surface area contributed by atoms with Gasteiger partial charge in [-0.2, -0.15) is 15.2 Å². The molecular formula is C19H20N6O4. The van der Waals surface area contributed by atoms with Crippen molar-refractivity contribution in [2.45, 2.75) is 31.0 Å². The van der Waals surface area contributed by atoms with Crippen molar-refractivity contribution in [3.63, 3.8) is 0 Å². The number of nitrogens with zero attached hydrogens (tertiary/aromatic N) is 5. The van der Waals surface area contributed by atoms with Crippen LogP contribution in [0.1, 0.15) is 17.6 Å². The van der Waals surface area contributed by atoms with Crippen LogP contribution in [-0.2, 0) is 11.2 Å². The van der Waals surface area contributed by atoms with Gasteiger partial charge in [0.05, 0.1) is 12.9 Å². The summed E-state index contributed by atoms with van der Waals surface area (Å²) in [5.74, 6) is 0.334. The zero-order valence-corrected chi connectivity index (χ0v) is 15.4. The largest absolute Gasteiger partial charge is 0.394 e. The Hall–Kier alpha value is -3.10. The molecule has 0 radical (unpaired) electrons. The van der Waals surface area contributed by atoms with Crippen LogP contribution in [0.5, 0.6) is 0 Å². The first-order valence-electron chi connectivity index (χ1n) is 9.17. The average molecular weight is 396 g/mol. The van der Waals surface area contributed by atoms with Crippen molar-refractivity contribution in [1.82, 2.24) is 19.5 Å². The molecule has 0 aliphatic carbocycles. The second-order valence-electron chi connectivity index (χ2n) is 6.72.